The maximum atomic E-state index is 13.9. The number of benzene rings is 1. The first-order chi connectivity index (χ1) is 9.02. The summed E-state index contributed by atoms with van der Waals surface area (Å²) in [4.78, 5) is 10.9. The molecule has 2 aromatic rings. The molecule has 1 amide bonds. The van der Waals surface area contributed by atoms with E-state index in [9.17, 15) is 13.6 Å². The second-order valence-corrected chi connectivity index (χ2v) is 3.96. The molecule has 0 unspecified atom stereocenters. The van der Waals surface area contributed by atoms with E-state index in [4.69, 9.17) is 11.5 Å². The topological polar surface area (TPSA) is 86.9 Å². The lowest BCUT2D eigenvalue weighted by Gasteiger charge is -2.07. The lowest BCUT2D eigenvalue weighted by atomic mass is 10.1. The molecular formula is C12H12F2N4O. The van der Waals surface area contributed by atoms with E-state index in [0.29, 0.717) is 18.5 Å². The van der Waals surface area contributed by atoms with E-state index >= 15 is 0 Å². The van der Waals surface area contributed by atoms with Crippen LogP contribution in [0.4, 0.5) is 8.78 Å². The van der Waals surface area contributed by atoms with Gasteiger partial charge in [0.25, 0.3) is 5.91 Å². The van der Waals surface area contributed by atoms with Gasteiger partial charge in [-0.2, -0.15) is 5.10 Å². The van der Waals surface area contributed by atoms with E-state index in [1.165, 1.54) is 24.4 Å². The average molecular weight is 266 g/mol. The summed E-state index contributed by atoms with van der Waals surface area (Å²) in [6.07, 6.45) is 1.64. The second kappa shape index (κ2) is 5.15. The normalized spacial score (nSPS) is 10.7. The van der Waals surface area contributed by atoms with Gasteiger partial charge in [0.2, 0.25) is 0 Å². The van der Waals surface area contributed by atoms with Gasteiger partial charge in [-0.05, 0) is 36.7 Å². The van der Waals surface area contributed by atoms with Gasteiger partial charge in [-0.25, -0.2) is 13.5 Å². The van der Waals surface area contributed by atoms with Crippen LogP contribution < -0.4 is 11.5 Å². The first-order valence-corrected chi connectivity index (χ1v) is 5.56. The van der Waals surface area contributed by atoms with Crippen LogP contribution >= 0.6 is 0 Å². The van der Waals surface area contributed by atoms with Gasteiger partial charge in [0, 0.05) is 6.20 Å². The Labute approximate surface area is 107 Å². The standard InChI is InChI=1S/C12H12F2N4O/c13-8-5-7(1-3-15)6-9(14)11(8)18-4-2-10(17-18)12(16)19/h2,4-6H,1,3,15H2,(H2,16,19). The van der Waals surface area contributed by atoms with Gasteiger partial charge in [-0.15, -0.1) is 0 Å². The van der Waals surface area contributed by atoms with Gasteiger partial charge in [0.15, 0.2) is 11.6 Å². The number of carbonyl (C=O) groups is 1. The van der Waals surface area contributed by atoms with Crippen molar-refractivity contribution in [2.24, 2.45) is 11.5 Å². The van der Waals surface area contributed by atoms with Crippen molar-refractivity contribution < 1.29 is 13.6 Å². The molecule has 0 fully saturated rings. The summed E-state index contributed by atoms with van der Waals surface area (Å²) in [5.74, 6) is -2.32. The summed E-state index contributed by atoms with van der Waals surface area (Å²) < 4.78 is 28.7. The largest absolute Gasteiger partial charge is 0.364 e. The molecule has 100 valence electrons. The van der Waals surface area contributed by atoms with E-state index in [1.807, 2.05) is 0 Å². The third-order valence-electron chi connectivity index (χ3n) is 2.58. The van der Waals surface area contributed by atoms with Gasteiger partial charge < -0.3 is 11.5 Å². The Morgan fingerprint density at radius 1 is 1.32 bits per heavy atom. The number of aromatic nitrogens is 2. The van der Waals surface area contributed by atoms with E-state index in [-0.39, 0.29) is 11.4 Å². The Kier molecular flexibility index (Phi) is 3.57. The van der Waals surface area contributed by atoms with E-state index in [1.54, 1.807) is 0 Å². The molecule has 1 aromatic carbocycles. The van der Waals surface area contributed by atoms with Crippen molar-refractivity contribution in [3.05, 3.63) is 47.3 Å². The smallest absolute Gasteiger partial charge is 0.269 e. The van der Waals surface area contributed by atoms with Crippen LogP contribution in [0.2, 0.25) is 0 Å². The molecule has 1 heterocycles. The maximum Gasteiger partial charge on any atom is 0.269 e. The molecule has 0 atom stereocenters. The highest BCUT2D eigenvalue weighted by Crippen LogP contribution is 2.19. The van der Waals surface area contributed by atoms with Crippen molar-refractivity contribution in [1.82, 2.24) is 9.78 Å². The van der Waals surface area contributed by atoms with Crippen LogP contribution in [-0.2, 0) is 6.42 Å². The molecule has 0 aliphatic carbocycles. The predicted molar refractivity (Wildman–Crippen MR) is 64.8 cm³/mol. The van der Waals surface area contributed by atoms with Crippen molar-refractivity contribution in [2.75, 3.05) is 6.54 Å². The van der Waals surface area contributed by atoms with Gasteiger partial charge >= 0.3 is 0 Å². The Balaban J connectivity index is 2.46. The number of rotatable bonds is 4. The zero-order chi connectivity index (χ0) is 14.0. The average Bonchev–Trinajstić information content (AvgIpc) is 2.78. The fraction of sp³-hybridized carbons (Fsp3) is 0.167. The van der Waals surface area contributed by atoms with Crippen molar-refractivity contribution >= 4 is 5.91 Å². The highest BCUT2D eigenvalue weighted by Gasteiger charge is 2.15. The summed E-state index contributed by atoms with van der Waals surface area (Å²) in [6, 6.07) is 3.67. The quantitative estimate of drug-likeness (QED) is 0.856. The number of halogens is 2. The van der Waals surface area contributed by atoms with Crippen molar-refractivity contribution in [3.8, 4) is 5.69 Å². The molecule has 1 aromatic heterocycles. The Morgan fingerprint density at radius 2 is 1.95 bits per heavy atom. The predicted octanol–water partition coefficient (Wildman–Crippen LogP) is 0.751. The molecule has 0 spiro atoms. The van der Waals surface area contributed by atoms with Gasteiger partial charge in [-0.3, -0.25) is 4.79 Å². The number of hydrogen-bond donors (Lipinski definition) is 2. The minimum absolute atomic E-state index is 0.0650. The Bertz CT molecular complexity index is 601. The van der Waals surface area contributed by atoms with Crippen molar-refractivity contribution in [3.63, 3.8) is 0 Å². The third-order valence-corrected chi connectivity index (χ3v) is 2.58. The number of primary amides is 1. The van der Waals surface area contributed by atoms with E-state index < -0.39 is 17.5 Å². The SMILES string of the molecule is NCCc1cc(F)c(-n2ccc(C(N)=O)n2)c(F)c1. The summed E-state index contributed by atoms with van der Waals surface area (Å²) in [7, 11) is 0. The van der Waals surface area contributed by atoms with Gasteiger partial charge in [-0.1, -0.05) is 0 Å². The molecule has 7 heteroatoms. The third kappa shape index (κ3) is 2.60. The van der Waals surface area contributed by atoms with Crippen LogP contribution in [0.15, 0.2) is 24.4 Å². The number of amides is 1. The highest BCUT2D eigenvalue weighted by molar-refractivity contribution is 5.90. The molecule has 0 bridgehead atoms. The Morgan fingerprint density at radius 3 is 2.42 bits per heavy atom. The summed E-state index contributed by atoms with van der Waals surface area (Å²) >= 11 is 0. The van der Waals surface area contributed by atoms with Crippen LogP contribution in [0.1, 0.15) is 16.1 Å². The molecule has 0 saturated carbocycles. The summed E-state index contributed by atoms with van der Waals surface area (Å²) in [5, 5.41) is 3.71. The highest BCUT2D eigenvalue weighted by atomic mass is 19.1. The maximum absolute atomic E-state index is 13.9. The van der Waals surface area contributed by atoms with Crippen LogP contribution in [0.3, 0.4) is 0 Å². The molecule has 0 saturated heterocycles. The van der Waals surface area contributed by atoms with Crippen LogP contribution in [-0.4, -0.2) is 22.2 Å². The van der Waals surface area contributed by atoms with Gasteiger partial charge in [0.05, 0.1) is 0 Å². The van der Waals surface area contributed by atoms with Gasteiger partial charge in [0.1, 0.15) is 11.4 Å². The lowest BCUT2D eigenvalue weighted by molar-refractivity contribution is 0.0995. The molecule has 0 radical (unpaired) electrons. The molecule has 0 aliphatic heterocycles. The molecule has 2 rings (SSSR count). The molecule has 5 nitrogen and oxygen atoms in total. The first kappa shape index (κ1) is 13.2. The van der Waals surface area contributed by atoms with Crippen LogP contribution in [0, 0.1) is 11.6 Å². The zero-order valence-electron chi connectivity index (χ0n) is 9.94. The number of nitrogens with zero attached hydrogens (tertiary/aromatic N) is 2. The Hall–Kier alpha value is -2.28. The first-order valence-electron chi connectivity index (χ1n) is 5.56. The summed E-state index contributed by atoms with van der Waals surface area (Å²) in [5.41, 5.74) is 10.4. The molecule has 4 N–H and O–H groups in total. The number of hydrogen-bond acceptors (Lipinski definition) is 3. The minimum Gasteiger partial charge on any atom is -0.364 e. The zero-order valence-corrected chi connectivity index (χ0v) is 9.94. The van der Waals surface area contributed by atoms with Crippen LogP contribution in [0.5, 0.6) is 0 Å². The second-order valence-electron chi connectivity index (χ2n) is 3.96. The van der Waals surface area contributed by atoms with Crippen molar-refractivity contribution in [1.29, 1.82) is 0 Å². The molecule has 19 heavy (non-hydrogen) atoms. The molecular weight excluding hydrogens is 254 g/mol. The van der Waals surface area contributed by atoms with E-state index in [2.05, 4.69) is 5.10 Å². The number of nitrogens with two attached hydrogens (primary N) is 2. The van der Waals surface area contributed by atoms with Crippen molar-refractivity contribution in [2.45, 2.75) is 6.42 Å². The lowest BCUT2D eigenvalue weighted by Crippen LogP contribution is -2.13. The fourth-order valence-corrected chi connectivity index (χ4v) is 1.73. The minimum atomic E-state index is -0.775. The monoisotopic (exact) mass is 266 g/mol. The molecule has 0 aliphatic rings. The summed E-state index contributed by atoms with van der Waals surface area (Å²) in [6.45, 7) is 0.297. The van der Waals surface area contributed by atoms with Crippen LogP contribution in [0.25, 0.3) is 5.69 Å². The number of carbonyl (C=O) groups excluding carboxylic acids is 1. The fourth-order valence-electron chi connectivity index (χ4n) is 1.73. The van der Waals surface area contributed by atoms with E-state index in [0.717, 1.165) is 4.68 Å².